The van der Waals surface area contributed by atoms with Crippen molar-refractivity contribution in [1.82, 2.24) is 14.8 Å². The van der Waals surface area contributed by atoms with E-state index in [1.165, 1.54) is 11.3 Å². The van der Waals surface area contributed by atoms with Crippen molar-refractivity contribution in [2.24, 2.45) is 0 Å². The molecule has 0 unspecified atom stereocenters. The summed E-state index contributed by atoms with van der Waals surface area (Å²) in [6.45, 7) is 1.48. The van der Waals surface area contributed by atoms with Crippen LogP contribution in [0.3, 0.4) is 0 Å². The predicted molar refractivity (Wildman–Crippen MR) is 69.1 cm³/mol. The lowest BCUT2D eigenvalue weighted by atomic mass is 10.3. The lowest BCUT2D eigenvalue weighted by molar-refractivity contribution is -0.137. The highest BCUT2D eigenvalue weighted by molar-refractivity contribution is 7.13. The Morgan fingerprint density at radius 3 is 3.00 bits per heavy atom. The zero-order valence-electron chi connectivity index (χ0n) is 10.3. The Hall–Kier alpha value is -1.63. The number of amides is 2. The van der Waals surface area contributed by atoms with Crippen LogP contribution in [-0.2, 0) is 16.0 Å². The van der Waals surface area contributed by atoms with Gasteiger partial charge in [-0.25, -0.2) is 4.98 Å². The van der Waals surface area contributed by atoms with E-state index in [-0.39, 0.29) is 24.8 Å². The number of rotatable bonds is 2. The molecule has 2 heterocycles. The quantitative estimate of drug-likeness (QED) is 0.816. The molecule has 18 heavy (non-hydrogen) atoms. The second-order valence-electron chi connectivity index (χ2n) is 4.34. The molecule has 0 spiro atoms. The second kappa shape index (κ2) is 5.34. The number of carbonyl (C=O) groups is 2. The smallest absolute Gasteiger partial charge is 0.241 e. The summed E-state index contributed by atoms with van der Waals surface area (Å²) in [6, 6.07) is 0. The van der Waals surface area contributed by atoms with Crippen LogP contribution < -0.4 is 5.73 Å². The average molecular weight is 268 g/mol. The number of likely N-dealkylation sites (N-methyl/N-ethyl adjacent to an activating group) is 1. The van der Waals surface area contributed by atoms with Gasteiger partial charge in [-0.2, -0.15) is 0 Å². The van der Waals surface area contributed by atoms with E-state index in [2.05, 4.69) is 4.98 Å². The van der Waals surface area contributed by atoms with Crippen LogP contribution in [-0.4, -0.2) is 53.3 Å². The molecule has 1 aliphatic rings. The molecule has 1 aromatic heterocycles. The fourth-order valence-electron chi connectivity index (χ4n) is 1.87. The molecule has 2 rings (SSSR count). The van der Waals surface area contributed by atoms with Crippen LogP contribution in [0, 0.1) is 0 Å². The molecule has 1 aromatic rings. The van der Waals surface area contributed by atoms with E-state index in [1.807, 2.05) is 0 Å². The average Bonchev–Trinajstić information content (AvgIpc) is 2.64. The first-order valence-electron chi connectivity index (χ1n) is 5.78. The highest BCUT2D eigenvalue weighted by atomic mass is 32.1. The summed E-state index contributed by atoms with van der Waals surface area (Å²) in [5.41, 5.74) is 6.19. The summed E-state index contributed by atoms with van der Waals surface area (Å²) in [5, 5.41) is 2.24. The Balaban J connectivity index is 1.98. The lowest BCUT2D eigenvalue weighted by Crippen LogP contribution is -2.38. The maximum absolute atomic E-state index is 12.1. The Morgan fingerprint density at radius 2 is 2.33 bits per heavy atom. The number of carbonyl (C=O) groups excluding carboxylic acids is 2. The van der Waals surface area contributed by atoms with E-state index in [1.54, 1.807) is 22.2 Å². The van der Waals surface area contributed by atoms with Crippen LogP contribution in [0.15, 0.2) is 5.38 Å². The third-order valence-electron chi connectivity index (χ3n) is 2.93. The SMILES string of the molecule is CN1CCCN(C(=O)Cc2csc(N)n2)CC1=O. The molecule has 0 aliphatic carbocycles. The molecule has 2 N–H and O–H groups in total. The number of hydrogen-bond donors (Lipinski definition) is 1. The first-order chi connectivity index (χ1) is 8.56. The van der Waals surface area contributed by atoms with Gasteiger partial charge in [0, 0.05) is 25.5 Å². The monoisotopic (exact) mass is 268 g/mol. The van der Waals surface area contributed by atoms with Crippen LogP contribution in [0.25, 0.3) is 0 Å². The van der Waals surface area contributed by atoms with Crippen LogP contribution in [0.4, 0.5) is 5.13 Å². The lowest BCUT2D eigenvalue weighted by Gasteiger charge is -2.19. The zero-order chi connectivity index (χ0) is 13.1. The van der Waals surface area contributed by atoms with Crippen molar-refractivity contribution in [1.29, 1.82) is 0 Å². The Kier molecular flexibility index (Phi) is 3.81. The molecule has 2 amide bonds. The second-order valence-corrected chi connectivity index (χ2v) is 5.23. The summed E-state index contributed by atoms with van der Waals surface area (Å²) in [4.78, 5) is 31.1. The van der Waals surface area contributed by atoms with Gasteiger partial charge in [0.15, 0.2) is 5.13 Å². The van der Waals surface area contributed by atoms with Crippen molar-refractivity contribution in [2.75, 3.05) is 32.4 Å². The van der Waals surface area contributed by atoms with Crippen LogP contribution in [0.2, 0.25) is 0 Å². The van der Waals surface area contributed by atoms with Gasteiger partial charge in [0.05, 0.1) is 18.7 Å². The summed E-state index contributed by atoms with van der Waals surface area (Å²) in [6.07, 6.45) is 1.03. The largest absolute Gasteiger partial charge is 0.375 e. The molecule has 0 radical (unpaired) electrons. The highest BCUT2D eigenvalue weighted by Crippen LogP contribution is 2.13. The normalized spacial score (nSPS) is 16.8. The topological polar surface area (TPSA) is 79.5 Å². The van der Waals surface area contributed by atoms with E-state index in [0.717, 1.165) is 6.42 Å². The summed E-state index contributed by atoms with van der Waals surface area (Å²) >= 11 is 1.32. The molecule has 1 aliphatic heterocycles. The summed E-state index contributed by atoms with van der Waals surface area (Å²) < 4.78 is 0. The van der Waals surface area contributed by atoms with Crippen LogP contribution >= 0.6 is 11.3 Å². The summed E-state index contributed by atoms with van der Waals surface area (Å²) in [7, 11) is 1.76. The van der Waals surface area contributed by atoms with Gasteiger partial charge < -0.3 is 15.5 Å². The van der Waals surface area contributed by atoms with Gasteiger partial charge in [-0.05, 0) is 6.42 Å². The molecule has 0 atom stereocenters. The maximum atomic E-state index is 12.1. The number of nitrogens with zero attached hydrogens (tertiary/aromatic N) is 3. The van der Waals surface area contributed by atoms with Crippen molar-refractivity contribution in [3.63, 3.8) is 0 Å². The first-order valence-corrected chi connectivity index (χ1v) is 6.66. The number of aromatic nitrogens is 1. The Labute approximate surface area is 109 Å². The Bertz CT molecular complexity index is 460. The fourth-order valence-corrected chi connectivity index (χ4v) is 2.43. The highest BCUT2D eigenvalue weighted by Gasteiger charge is 2.23. The number of nitrogens with two attached hydrogens (primary N) is 1. The molecular weight excluding hydrogens is 252 g/mol. The van der Waals surface area contributed by atoms with Gasteiger partial charge in [0.1, 0.15) is 0 Å². The van der Waals surface area contributed by atoms with Gasteiger partial charge in [-0.3, -0.25) is 9.59 Å². The first kappa shape index (κ1) is 12.8. The Morgan fingerprint density at radius 1 is 1.56 bits per heavy atom. The van der Waals surface area contributed by atoms with Gasteiger partial charge in [0.25, 0.3) is 0 Å². The van der Waals surface area contributed by atoms with E-state index < -0.39 is 0 Å². The molecule has 0 bridgehead atoms. The molecule has 0 aromatic carbocycles. The number of anilines is 1. The molecule has 1 saturated heterocycles. The number of hydrogen-bond acceptors (Lipinski definition) is 5. The minimum absolute atomic E-state index is 0.0151. The third kappa shape index (κ3) is 2.98. The molecule has 1 fully saturated rings. The van der Waals surface area contributed by atoms with Crippen molar-refractivity contribution in [3.05, 3.63) is 11.1 Å². The molecule has 98 valence electrons. The van der Waals surface area contributed by atoms with Crippen molar-refractivity contribution < 1.29 is 9.59 Å². The molecular formula is C11H16N4O2S. The van der Waals surface area contributed by atoms with Crippen molar-refractivity contribution in [2.45, 2.75) is 12.8 Å². The van der Waals surface area contributed by atoms with E-state index >= 15 is 0 Å². The number of nitrogen functional groups attached to an aromatic ring is 1. The van der Waals surface area contributed by atoms with Crippen LogP contribution in [0.5, 0.6) is 0 Å². The van der Waals surface area contributed by atoms with Crippen molar-refractivity contribution >= 4 is 28.3 Å². The standard InChI is InChI=1S/C11H16N4O2S/c1-14-3-2-4-15(6-10(14)17)9(16)5-8-7-18-11(12)13-8/h7H,2-6H2,1H3,(H2,12,13). The van der Waals surface area contributed by atoms with Gasteiger partial charge in [0.2, 0.25) is 11.8 Å². The maximum Gasteiger partial charge on any atom is 0.241 e. The fraction of sp³-hybridized carbons (Fsp3) is 0.545. The number of thiazole rings is 1. The van der Waals surface area contributed by atoms with Crippen LogP contribution in [0.1, 0.15) is 12.1 Å². The predicted octanol–water partition coefficient (Wildman–Crippen LogP) is -0.0415. The van der Waals surface area contributed by atoms with E-state index in [0.29, 0.717) is 23.9 Å². The molecule has 0 saturated carbocycles. The minimum atomic E-state index is -0.0658. The van der Waals surface area contributed by atoms with Gasteiger partial charge in [-0.15, -0.1) is 11.3 Å². The zero-order valence-corrected chi connectivity index (χ0v) is 11.1. The molecule has 7 heteroatoms. The van der Waals surface area contributed by atoms with Crippen molar-refractivity contribution in [3.8, 4) is 0 Å². The minimum Gasteiger partial charge on any atom is -0.375 e. The van der Waals surface area contributed by atoms with Gasteiger partial charge >= 0.3 is 0 Å². The van der Waals surface area contributed by atoms with E-state index in [4.69, 9.17) is 5.73 Å². The van der Waals surface area contributed by atoms with E-state index in [9.17, 15) is 9.59 Å². The third-order valence-corrected chi connectivity index (χ3v) is 3.65. The summed E-state index contributed by atoms with van der Waals surface area (Å²) in [5.74, 6) is -0.0809. The van der Waals surface area contributed by atoms with Gasteiger partial charge in [-0.1, -0.05) is 0 Å². The molecule has 6 nitrogen and oxygen atoms in total.